The van der Waals surface area contributed by atoms with Crippen LogP contribution < -0.4 is 4.90 Å². The van der Waals surface area contributed by atoms with Crippen LogP contribution in [0.4, 0.5) is 10.2 Å². The van der Waals surface area contributed by atoms with Crippen LogP contribution in [0.15, 0.2) is 36.8 Å². The quantitative estimate of drug-likeness (QED) is 0.502. The molecule has 5 rings (SSSR count). The molecule has 35 heavy (non-hydrogen) atoms. The number of piperazine rings is 1. The summed E-state index contributed by atoms with van der Waals surface area (Å²) in [6.45, 7) is 7.61. The van der Waals surface area contributed by atoms with Crippen LogP contribution in [0.2, 0.25) is 10.0 Å². The molecule has 10 heteroatoms. The van der Waals surface area contributed by atoms with E-state index in [1.807, 2.05) is 6.07 Å². The highest BCUT2D eigenvalue weighted by atomic mass is 35.5. The van der Waals surface area contributed by atoms with Gasteiger partial charge in [-0.3, -0.25) is 14.9 Å². The lowest BCUT2D eigenvalue weighted by Crippen LogP contribution is -2.58. The number of likely N-dealkylation sites (tertiary alicyclic amines) is 1. The second-order valence-electron chi connectivity index (χ2n) is 9.35. The minimum atomic E-state index is -0.220. The van der Waals surface area contributed by atoms with Crippen molar-refractivity contribution < 1.29 is 4.39 Å². The molecule has 4 heterocycles. The first-order valence-electron chi connectivity index (χ1n) is 12.2. The predicted octanol–water partition coefficient (Wildman–Crippen LogP) is 4.88. The lowest BCUT2D eigenvalue weighted by molar-refractivity contribution is 0.0607. The molecule has 0 bridgehead atoms. The van der Waals surface area contributed by atoms with Crippen LogP contribution in [0.5, 0.6) is 0 Å². The van der Waals surface area contributed by atoms with E-state index in [1.54, 1.807) is 18.3 Å². The number of pyridine rings is 1. The van der Waals surface area contributed by atoms with Gasteiger partial charge in [0.1, 0.15) is 18.0 Å². The Hall–Kier alpha value is -2.26. The van der Waals surface area contributed by atoms with Gasteiger partial charge >= 0.3 is 0 Å². The molecular weight excluding hydrogens is 488 g/mol. The molecule has 7 nitrogen and oxygen atoms in total. The summed E-state index contributed by atoms with van der Waals surface area (Å²) in [5, 5.41) is 7.82. The van der Waals surface area contributed by atoms with E-state index in [4.69, 9.17) is 23.2 Å². The van der Waals surface area contributed by atoms with Crippen molar-refractivity contribution in [2.45, 2.75) is 44.8 Å². The Morgan fingerprint density at radius 3 is 2.60 bits per heavy atom. The summed E-state index contributed by atoms with van der Waals surface area (Å²) in [7, 11) is 0. The summed E-state index contributed by atoms with van der Waals surface area (Å²) in [6.07, 6.45) is 6.53. The maximum Gasteiger partial charge on any atom is 0.157 e. The van der Waals surface area contributed by atoms with Crippen LogP contribution in [0, 0.1) is 5.82 Å². The van der Waals surface area contributed by atoms with Crippen LogP contribution >= 0.6 is 23.2 Å². The fourth-order valence-corrected chi connectivity index (χ4v) is 5.79. The molecule has 2 saturated heterocycles. The second-order valence-corrected chi connectivity index (χ2v) is 10.2. The van der Waals surface area contributed by atoms with Gasteiger partial charge in [-0.1, -0.05) is 36.2 Å². The van der Waals surface area contributed by atoms with E-state index < -0.39 is 0 Å². The summed E-state index contributed by atoms with van der Waals surface area (Å²) >= 11 is 12.5. The van der Waals surface area contributed by atoms with E-state index in [2.05, 4.69) is 41.8 Å². The zero-order valence-electron chi connectivity index (χ0n) is 19.8. The van der Waals surface area contributed by atoms with Crippen molar-refractivity contribution in [3.63, 3.8) is 0 Å². The number of aromatic amines is 1. The standard InChI is InChI=1S/C25H30Cl2FN7/c1-2-20-15-34(25-22(27)11-18(13-29-25)24-30-16-31-32-24)9-10-35(20)21-5-7-33(8-6-21)14-17-3-4-19(26)12-23(17)28/h3-4,11-13,16,20-21H,2,5-10,14-15H2,1H3,(H,30,31,32)/t20-/m0/s1. The Kier molecular flexibility index (Phi) is 7.53. The number of piperidine rings is 1. The molecule has 0 radical (unpaired) electrons. The summed E-state index contributed by atoms with van der Waals surface area (Å²) < 4.78 is 14.2. The fourth-order valence-electron chi connectivity index (χ4n) is 5.34. The van der Waals surface area contributed by atoms with E-state index in [0.29, 0.717) is 40.1 Å². The Morgan fingerprint density at radius 2 is 1.91 bits per heavy atom. The molecule has 2 aliphatic rings. The van der Waals surface area contributed by atoms with Crippen molar-refractivity contribution in [1.29, 1.82) is 0 Å². The monoisotopic (exact) mass is 517 g/mol. The number of H-pyrrole nitrogens is 1. The summed E-state index contributed by atoms with van der Waals surface area (Å²) in [5.74, 6) is 1.27. The van der Waals surface area contributed by atoms with Gasteiger partial charge < -0.3 is 4.90 Å². The number of nitrogens with zero attached hydrogens (tertiary/aromatic N) is 6. The van der Waals surface area contributed by atoms with E-state index >= 15 is 0 Å². The SMILES string of the molecule is CC[C@H]1CN(c2ncc(-c3ncn[nH]3)cc2Cl)CCN1C1CCN(Cc2ccc(Cl)cc2F)CC1. The first-order chi connectivity index (χ1) is 17.0. The molecule has 1 aromatic carbocycles. The third-order valence-corrected chi connectivity index (χ3v) is 7.76. The minimum Gasteiger partial charge on any atom is -0.353 e. The van der Waals surface area contributed by atoms with E-state index in [-0.39, 0.29) is 5.82 Å². The number of anilines is 1. The van der Waals surface area contributed by atoms with Crippen molar-refractivity contribution in [2.75, 3.05) is 37.6 Å². The third kappa shape index (κ3) is 5.45. The molecule has 0 amide bonds. The van der Waals surface area contributed by atoms with Gasteiger partial charge in [0.15, 0.2) is 5.82 Å². The van der Waals surface area contributed by atoms with E-state index in [1.165, 1.54) is 12.4 Å². The average molecular weight is 518 g/mol. The first kappa shape index (κ1) is 24.4. The van der Waals surface area contributed by atoms with Crippen molar-refractivity contribution in [3.05, 3.63) is 58.2 Å². The first-order valence-corrected chi connectivity index (χ1v) is 13.0. The topological polar surface area (TPSA) is 64.2 Å². The van der Waals surface area contributed by atoms with Gasteiger partial charge in [0.25, 0.3) is 0 Å². The fraction of sp³-hybridized carbons (Fsp3) is 0.480. The van der Waals surface area contributed by atoms with Gasteiger partial charge in [-0.25, -0.2) is 14.4 Å². The molecule has 2 aliphatic heterocycles. The highest BCUT2D eigenvalue weighted by Gasteiger charge is 2.34. The number of hydrogen-bond acceptors (Lipinski definition) is 6. The smallest absolute Gasteiger partial charge is 0.157 e. The average Bonchev–Trinajstić information content (AvgIpc) is 3.41. The van der Waals surface area contributed by atoms with Crippen molar-refractivity contribution in [3.8, 4) is 11.4 Å². The van der Waals surface area contributed by atoms with Crippen LogP contribution in [0.25, 0.3) is 11.4 Å². The van der Waals surface area contributed by atoms with Crippen molar-refractivity contribution >= 4 is 29.0 Å². The van der Waals surface area contributed by atoms with Crippen LogP contribution in [0.1, 0.15) is 31.7 Å². The predicted molar refractivity (Wildman–Crippen MR) is 137 cm³/mol. The number of halogens is 3. The highest BCUT2D eigenvalue weighted by Crippen LogP contribution is 2.31. The van der Waals surface area contributed by atoms with Gasteiger partial charge in [0, 0.05) is 60.6 Å². The summed E-state index contributed by atoms with van der Waals surface area (Å²) in [6, 6.07) is 7.86. The van der Waals surface area contributed by atoms with Gasteiger partial charge in [-0.05, 0) is 50.6 Å². The number of benzene rings is 1. The largest absolute Gasteiger partial charge is 0.353 e. The van der Waals surface area contributed by atoms with Gasteiger partial charge in [-0.2, -0.15) is 5.10 Å². The number of rotatable bonds is 6. The molecule has 0 unspecified atom stereocenters. The van der Waals surface area contributed by atoms with Gasteiger partial charge in [0.05, 0.1) is 5.02 Å². The zero-order chi connectivity index (χ0) is 24.4. The molecule has 0 spiro atoms. The normalized spacial score (nSPS) is 20.5. The molecule has 3 aromatic rings. The summed E-state index contributed by atoms with van der Waals surface area (Å²) in [5.41, 5.74) is 1.54. The van der Waals surface area contributed by atoms with E-state index in [9.17, 15) is 4.39 Å². The number of aromatic nitrogens is 4. The Balaban J connectivity index is 1.19. The van der Waals surface area contributed by atoms with Crippen LogP contribution in [-0.4, -0.2) is 74.8 Å². The van der Waals surface area contributed by atoms with E-state index in [0.717, 1.165) is 63.4 Å². The third-order valence-electron chi connectivity index (χ3n) is 7.24. The Labute approximate surface area is 215 Å². The van der Waals surface area contributed by atoms with Gasteiger partial charge in [0.2, 0.25) is 0 Å². The molecular formula is C25H30Cl2FN7. The minimum absolute atomic E-state index is 0.220. The summed E-state index contributed by atoms with van der Waals surface area (Å²) in [4.78, 5) is 16.2. The second kappa shape index (κ2) is 10.8. The number of nitrogens with one attached hydrogen (secondary N) is 1. The molecule has 2 aromatic heterocycles. The maximum atomic E-state index is 14.2. The molecule has 0 saturated carbocycles. The van der Waals surface area contributed by atoms with Crippen LogP contribution in [-0.2, 0) is 6.54 Å². The molecule has 1 N–H and O–H groups in total. The Morgan fingerprint density at radius 1 is 1.09 bits per heavy atom. The lowest BCUT2D eigenvalue weighted by Gasteiger charge is -2.47. The van der Waals surface area contributed by atoms with Crippen molar-refractivity contribution in [2.24, 2.45) is 0 Å². The van der Waals surface area contributed by atoms with Gasteiger partial charge in [-0.15, -0.1) is 0 Å². The molecule has 0 aliphatic carbocycles. The highest BCUT2D eigenvalue weighted by molar-refractivity contribution is 6.33. The molecule has 2 fully saturated rings. The Bertz CT molecular complexity index is 1130. The van der Waals surface area contributed by atoms with Crippen LogP contribution in [0.3, 0.4) is 0 Å². The lowest BCUT2D eigenvalue weighted by atomic mass is 9.97. The molecule has 186 valence electrons. The maximum absolute atomic E-state index is 14.2. The van der Waals surface area contributed by atoms with Crippen molar-refractivity contribution in [1.82, 2.24) is 30.0 Å². The number of hydrogen-bond donors (Lipinski definition) is 1. The zero-order valence-corrected chi connectivity index (χ0v) is 21.3. The molecule has 1 atom stereocenters.